The van der Waals surface area contributed by atoms with Gasteiger partial charge >= 0.3 is 0 Å². The fourth-order valence-electron chi connectivity index (χ4n) is 3.92. The first kappa shape index (κ1) is 21.4. The number of hydrogen-bond acceptors (Lipinski definition) is 4. The maximum Gasteiger partial charge on any atom is 0.0705 e. The van der Waals surface area contributed by atoms with Crippen molar-refractivity contribution in [3.05, 3.63) is 0 Å². The van der Waals surface area contributed by atoms with Crippen LogP contribution < -0.4 is 16.0 Å². The molecule has 2 aliphatic rings. The van der Waals surface area contributed by atoms with Gasteiger partial charge in [-0.2, -0.15) is 0 Å². The average Bonchev–Trinajstić information content (AvgIpc) is 2.23. The van der Waals surface area contributed by atoms with Gasteiger partial charge in [0.05, 0.1) is 6.10 Å². The number of halogens is 2. The molecule has 2 atom stereocenters. The number of piperidine rings is 2. The molecule has 128 valence electrons. The smallest absolute Gasteiger partial charge is 0.0705 e. The number of aliphatic hydroxyl groups is 1. The fraction of sp³-hybridized carbons (Fsp3) is 1.00. The van der Waals surface area contributed by atoms with E-state index in [-0.39, 0.29) is 42.0 Å². The van der Waals surface area contributed by atoms with E-state index in [1.165, 1.54) is 0 Å². The van der Waals surface area contributed by atoms with Crippen LogP contribution in [-0.4, -0.2) is 48.0 Å². The van der Waals surface area contributed by atoms with Crippen LogP contribution >= 0.6 is 24.8 Å². The second-order valence-corrected chi connectivity index (χ2v) is 7.73. The Kier molecular flexibility index (Phi) is 8.49. The first-order chi connectivity index (χ1) is 8.77. The van der Waals surface area contributed by atoms with Crippen LogP contribution in [0.2, 0.25) is 0 Å². The Bertz CT molecular complexity index is 297. The van der Waals surface area contributed by atoms with Gasteiger partial charge in [-0.15, -0.1) is 24.8 Å². The highest BCUT2D eigenvalue weighted by Crippen LogP contribution is 2.28. The van der Waals surface area contributed by atoms with Gasteiger partial charge in [-0.3, -0.25) is 0 Å². The Hall–Kier alpha value is 0.420. The highest BCUT2D eigenvalue weighted by molar-refractivity contribution is 5.85. The molecule has 0 aromatic heterocycles. The van der Waals surface area contributed by atoms with E-state index in [1.807, 2.05) is 0 Å². The normalized spacial score (nSPS) is 31.9. The van der Waals surface area contributed by atoms with Crippen molar-refractivity contribution in [1.82, 2.24) is 16.0 Å². The Morgan fingerprint density at radius 1 is 1.10 bits per heavy atom. The molecule has 0 spiro atoms. The average molecular weight is 342 g/mol. The van der Waals surface area contributed by atoms with Crippen LogP contribution in [0.4, 0.5) is 0 Å². The van der Waals surface area contributed by atoms with E-state index in [4.69, 9.17) is 0 Å². The van der Waals surface area contributed by atoms with Crippen LogP contribution in [-0.2, 0) is 0 Å². The summed E-state index contributed by atoms with van der Waals surface area (Å²) in [5.74, 6) is 0.405. The zero-order valence-corrected chi connectivity index (χ0v) is 15.4. The van der Waals surface area contributed by atoms with E-state index in [2.05, 4.69) is 43.6 Å². The van der Waals surface area contributed by atoms with E-state index in [0.717, 1.165) is 38.9 Å². The Morgan fingerprint density at radius 2 is 1.67 bits per heavy atom. The second-order valence-electron chi connectivity index (χ2n) is 7.73. The lowest BCUT2D eigenvalue weighted by Gasteiger charge is -2.47. The monoisotopic (exact) mass is 341 g/mol. The maximum atomic E-state index is 9.99. The highest BCUT2D eigenvalue weighted by Gasteiger charge is 2.37. The van der Waals surface area contributed by atoms with Gasteiger partial charge in [0.2, 0.25) is 0 Å². The van der Waals surface area contributed by atoms with E-state index >= 15 is 0 Å². The molecular formula is C15H33Cl2N3O. The fourth-order valence-corrected chi connectivity index (χ4v) is 3.92. The van der Waals surface area contributed by atoms with E-state index in [9.17, 15) is 5.11 Å². The molecule has 4 nitrogen and oxygen atoms in total. The molecule has 0 radical (unpaired) electrons. The largest absolute Gasteiger partial charge is 0.391 e. The van der Waals surface area contributed by atoms with Crippen molar-refractivity contribution in [1.29, 1.82) is 0 Å². The van der Waals surface area contributed by atoms with Crippen molar-refractivity contribution in [2.75, 3.05) is 19.6 Å². The summed E-state index contributed by atoms with van der Waals surface area (Å²) < 4.78 is 0. The molecule has 2 fully saturated rings. The maximum absolute atomic E-state index is 9.99. The quantitative estimate of drug-likeness (QED) is 0.631. The molecule has 2 rings (SSSR count). The van der Waals surface area contributed by atoms with E-state index in [0.29, 0.717) is 12.0 Å². The third kappa shape index (κ3) is 6.59. The summed E-state index contributed by atoms with van der Waals surface area (Å²) in [6.07, 6.45) is 3.19. The Labute approximate surface area is 142 Å². The lowest BCUT2D eigenvalue weighted by atomic mass is 9.79. The molecule has 0 bridgehead atoms. The number of hydrogen-bond donors (Lipinski definition) is 4. The minimum Gasteiger partial charge on any atom is -0.391 e. The Morgan fingerprint density at radius 3 is 2.19 bits per heavy atom. The van der Waals surface area contributed by atoms with Gasteiger partial charge in [-0.1, -0.05) is 0 Å². The van der Waals surface area contributed by atoms with Crippen LogP contribution in [0.5, 0.6) is 0 Å². The lowest BCUT2D eigenvalue weighted by molar-refractivity contribution is 0.0737. The minimum atomic E-state index is -0.191. The molecule has 0 aromatic rings. The van der Waals surface area contributed by atoms with Gasteiger partial charge < -0.3 is 21.1 Å². The summed E-state index contributed by atoms with van der Waals surface area (Å²) in [4.78, 5) is 0. The van der Waals surface area contributed by atoms with Crippen molar-refractivity contribution in [2.45, 2.75) is 70.2 Å². The first-order valence-electron chi connectivity index (χ1n) is 7.69. The molecule has 2 aliphatic heterocycles. The molecule has 2 heterocycles. The zero-order valence-electron chi connectivity index (χ0n) is 13.7. The minimum absolute atomic E-state index is 0. The summed E-state index contributed by atoms with van der Waals surface area (Å²) in [7, 11) is 0. The summed E-state index contributed by atoms with van der Waals surface area (Å²) in [5, 5.41) is 20.6. The van der Waals surface area contributed by atoms with Crippen molar-refractivity contribution < 1.29 is 5.11 Å². The summed E-state index contributed by atoms with van der Waals surface area (Å²) in [6, 6.07) is 0.549. The van der Waals surface area contributed by atoms with Crippen molar-refractivity contribution >= 4 is 24.8 Å². The number of rotatable bonds is 3. The molecule has 2 saturated heterocycles. The SMILES string of the molecule is CC1(C)CC(NC[C@@H]2CCNC[C@H]2O)CC(C)(C)N1.Cl.Cl. The molecule has 0 unspecified atom stereocenters. The zero-order chi connectivity index (χ0) is 14.1. The van der Waals surface area contributed by atoms with Gasteiger partial charge in [-0.25, -0.2) is 0 Å². The molecule has 6 heteroatoms. The summed E-state index contributed by atoms with van der Waals surface area (Å²) in [6.45, 7) is 11.8. The second kappa shape index (κ2) is 8.32. The molecule has 21 heavy (non-hydrogen) atoms. The molecular weight excluding hydrogens is 309 g/mol. The molecule has 0 aromatic carbocycles. The van der Waals surface area contributed by atoms with Gasteiger partial charge in [0.1, 0.15) is 0 Å². The summed E-state index contributed by atoms with van der Waals surface area (Å²) >= 11 is 0. The van der Waals surface area contributed by atoms with Crippen LogP contribution in [0.25, 0.3) is 0 Å². The van der Waals surface area contributed by atoms with Gasteiger partial charge in [-0.05, 0) is 59.4 Å². The van der Waals surface area contributed by atoms with Gasteiger partial charge in [0.25, 0.3) is 0 Å². The summed E-state index contributed by atoms with van der Waals surface area (Å²) in [5.41, 5.74) is 0.373. The van der Waals surface area contributed by atoms with Crippen molar-refractivity contribution in [3.63, 3.8) is 0 Å². The predicted molar refractivity (Wildman–Crippen MR) is 93.8 cm³/mol. The number of β-amino-alcohol motifs (C(OH)–C–C–N with tert-alkyl or cyclic N) is 1. The highest BCUT2D eigenvalue weighted by atomic mass is 35.5. The third-order valence-electron chi connectivity index (χ3n) is 4.45. The number of aliphatic hydroxyl groups excluding tert-OH is 1. The van der Waals surface area contributed by atoms with Crippen molar-refractivity contribution in [2.24, 2.45) is 5.92 Å². The Balaban J connectivity index is 0.00000200. The first-order valence-corrected chi connectivity index (χ1v) is 7.69. The van der Waals surface area contributed by atoms with Crippen LogP contribution in [0.15, 0.2) is 0 Å². The number of nitrogens with one attached hydrogen (secondary N) is 3. The van der Waals surface area contributed by atoms with Gasteiger partial charge in [0.15, 0.2) is 0 Å². The van der Waals surface area contributed by atoms with E-state index < -0.39 is 0 Å². The lowest BCUT2D eigenvalue weighted by Crippen LogP contribution is -2.62. The van der Waals surface area contributed by atoms with Crippen molar-refractivity contribution in [3.8, 4) is 0 Å². The van der Waals surface area contributed by atoms with Crippen LogP contribution in [0.1, 0.15) is 47.0 Å². The molecule has 0 aliphatic carbocycles. The standard InChI is InChI=1S/C15H31N3O.2ClH/c1-14(2)7-12(8-15(3,4)18-14)17-9-11-5-6-16-10-13(11)19;;/h11-13,16-19H,5-10H2,1-4H3;2*1H/t11-,13+;;/m0../s1. The molecule has 0 amide bonds. The molecule has 4 N–H and O–H groups in total. The topological polar surface area (TPSA) is 56.3 Å². The molecule has 0 saturated carbocycles. The van der Waals surface area contributed by atoms with Crippen LogP contribution in [0, 0.1) is 5.92 Å². The third-order valence-corrected chi connectivity index (χ3v) is 4.45. The predicted octanol–water partition coefficient (Wildman–Crippen LogP) is 1.70. The van der Waals surface area contributed by atoms with Crippen LogP contribution in [0.3, 0.4) is 0 Å². The van der Waals surface area contributed by atoms with Gasteiger partial charge in [0, 0.05) is 30.2 Å². The van der Waals surface area contributed by atoms with E-state index in [1.54, 1.807) is 0 Å².